The van der Waals surface area contributed by atoms with E-state index in [2.05, 4.69) is 31.9 Å². The predicted octanol–water partition coefficient (Wildman–Crippen LogP) is 4.88. The molecule has 0 radical (unpaired) electrons. The van der Waals surface area contributed by atoms with Gasteiger partial charge in [0.05, 0.1) is 0 Å². The molecular formula is C15H8Br2O. The van der Waals surface area contributed by atoms with Crippen LogP contribution < -0.4 is 5.43 Å². The van der Waals surface area contributed by atoms with Crippen LogP contribution in [0.5, 0.6) is 0 Å². The smallest absolute Gasteiger partial charge is 0.194 e. The molecule has 0 unspecified atom stereocenters. The minimum absolute atomic E-state index is 0.0626. The molecule has 0 fully saturated rings. The molecule has 0 spiro atoms. The van der Waals surface area contributed by atoms with Crippen molar-refractivity contribution in [3.63, 3.8) is 0 Å². The van der Waals surface area contributed by atoms with Crippen LogP contribution >= 0.6 is 31.9 Å². The van der Waals surface area contributed by atoms with E-state index in [4.69, 9.17) is 0 Å². The number of fused-ring (bicyclic) bond motifs is 2. The largest absolute Gasteiger partial charge is 0.289 e. The molecule has 18 heavy (non-hydrogen) atoms. The Morgan fingerprint density at radius 3 is 2.39 bits per heavy atom. The van der Waals surface area contributed by atoms with Gasteiger partial charge in [0.15, 0.2) is 5.43 Å². The predicted molar refractivity (Wildman–Crippen MR) is 83.1 cm³/mol. The Kier molecular flexibility index (Phi) is 2.96. The molecule has 3 heteroatoms. The van der Waals surface area contributed by atoms with Crippen molar-refractivity contribution >= 4 is 53.4 Å². The van der Waals surface area contributed by atoms with Gasteiger partial charge in [0, 0.05) is 19.7 Å². The van der Waals surface area contributed by atoms with Crippen molar-refractivity contribution in [2.24, 2.45) is 0 Å². The number of hydrogen-bond donors (Lipinski definition) is 0. The quantitative estimate of drug-likeness (QED) is 0.556. The standard InChI is InChI=1S/C15H8Br2O/c16-10-7-13-12(14(17)8-10)6-5-9-3-1-2-4-11(9)15(13)18/h1-8H. The second-order valence-corrected chi connectivity index (χ2v) is 5.87. The minimum atomic E-state index is 0.0626. The van der Waals surface area contributed by atoms with Crippen molar-refractivity contribution in [2.75, 3.05) is 0 Å². The fourth-order valence-electron chi connectivity index (χ4n) is 2.11. The SMILES string of the molecule is O=c1c2ccccc2ccc2c(Br)cc(Br)cc12. The normalized spacial score (nSPS) is 11.0. The highest BCUT2D eigenvalue weighted by Gasteiger charge is 2.05. The van der Waals surface area contributed by atoms with Gasteiger partial charge >= 0.3 is 0 Å². The molecule has 0 bridgehead atoms. The van der Waals surface area contributed by atoms with Crippen LogP contribution in [0.2, 0.25) is 0 Å². The van der Waals surface area contributed by atoms with Gasteiger partial charge < -0.3 is 0 Å². The van der Waals surface area contributed by atoms with E-state index < -0.39 is 0 Å². The lowest BCUT2D eigenvalue weighted by atomic mass is 10.1. The van der Waals surface area contributed by atoms with E-state index in [0.29, 0.717) is 0 Å². The molecule has 0 saturated heterocycles. The zero-order valence-electron chi connectivity index (χ0n) is 9.28. The van der Waals surface area contributed by atoms with Gasteiger partial charge in [0.2, 0.25) is 0 Å². The second kappa shape index (κ2) is 4.48. The highest BCUT2D eigenvalue weighted by atomic mass is 79.9. The van der Waals surface area contributed by atoms with Gasteiger partial charge in [-0.2, -0.15) is 0 Å². The molecule has 0 aliphatic carbocycles. The van der Waals surface area contributed by atoms with Crippen molar-refractivity contribution in [1.82, 2.24) is 0 Å². The Hall–Kier alpha value is -1.19. The Morgan fingerprint density at radius 2 is 1.56 bits per heavy atom. The van der Waals surface area contributed by atoms with E-state index in [1.165, 1.54) is 0 Å². The molecule has 0 heterocycles. The van der Waals surface area contributed by atoms with E-state index in [0.717, 1.165) is 30.5 Å². The lowest BCUT2D eigenvalue weighted by Crippen LogP contribution is -1.98. The zero-order chi connectivity index (χ0) is 12.7. The number of rotatable bonds is 0. The van der Waals surface area contributed by atoms with Gasteiger partial charge in [-0.05, 0) is 22.9 Å². The summed E-state index contributed by atoms with van der Waals surface area (Å²) in [6, 6.07) is 15.4. The first kappa shape index (κ1) is 11.9. The van der Waals surface area contributed by atoms with Crippen molar-refractivity contribution in [3.8, 4) is 0 Å². The van der Waals surface area contributed by atoms with Crippen molar-refractivity contribution in [2.45, 2.75) is 0 Å². The first-order valence-corrected chi connectivity index (χ1v) is 7.06. The maximum absolute atomic E-state index is 12.6. The summed E-state index contributed by atoms with van der Waals surface area (Å²) in [4.78, 5) is 12.6. The van der Waals surface area contributed by atoms with E-state index >= 15 is 0 Å². The summed E-state index contributed by atoms with van der Waals surface area (Å²) in [5, 5.41) is 3.36. The molecule has 88 valence electrons. The van der Waals surface area contributed by atoms with Crippen LogP contribution in [-0.4, -0.2) is 0 Å². The van der Waals surface area contributed by atoms with Gasteiger partial charge in [0.25, 0.3) is 0 Å². The highest BCUT2D eigenvalue weighted by molar-refractivity contribution is 9.11. The third kappa shape index (κ3) is 1.88. The van der Waals surface area contributed by atoms with Gasteiger partial charge in [-0.3, -0.25) is 4.79 Å². The molecule has 0 atom stereocenters. The Balaban J connectivity index is 2.67. The molecule has 0 N–H and O–H groups in total. The lowest BCUT2D eigenvalue weighted by Gasteiger charge is -1.97. The Bertz CT molecular complexity index is 825. The van der Waals surface area contributed by atoms with E-state index in [9.17, 15) is 4.79 Å². The van der Waals surface area contributed by atoms with Crippen molar-refractivity contribution in [3.05, 3.63) is 67.7 Å². The molecule has 3 aromatic rings. The van der Waals surface area contributed by atoms with Gasteiger partial charge in [0.1, 0.15) is 0 Å². The van der Waals surface area contributed by atoms with Gasteiger partial charge in [-0.25, -0.2) is 0 Å². The first-order valence-electron chi connectivity index (χ1n) is 5.47. The molecule has 0 saturated carbocycles. The summed E-state index contributed by atoms with van der Waals surface area (Å²) in [5.41, 5.74) is 0.0626. The third-order valence-electron chi connectivity index (χ3n) is 2.97. The van der Waals surface area contributed by atoms with E-state index in [1.54, 1.807) is 0 Å². The van der Waals surface area contributed by atoms with E-state index in [-0.39, 0.29) is 5.43 Å². The second-order valence-electron chi connectivity index (χ2n) is 4.10. The average molecular weight is 364 g/mol. The Labute approximate surface area is 121 Å². The number of benzene rings is 2. The maximum Gasteiger partial charge on any atom is 0.194 e. The first-order chi connectivity index (χ1) is 8.66. The summed E-state index contributed by atoms with van der Waals surface area (Å²) in [6.45, 7) is 0. The van der Waals surface area contributed by atoms with Crippen LogP contribution in [0.1, 0.15) is 0 Å². The Morgan fingerprint density at radius 1 is 0.778 bits per heavy atom. The van der Waals surface area contributed by atoms with Crippen LogP contribution in [0.4, 0.5) is 0 Å². The van der Waals surface area contributed by atoms with Crippen molar-refractivity contribution < 1.29 is 0 Å². The fourth-order valence-corrected chi connectivity index (χ4v) is 3.47. The summed E-state index contributed by atoms with van der Waals surface area (Å²) >= 11 is 6.93. The van der Waals surface area contributed by atoms with Crippen LogP contribution in [0, 0.1) is 0 Å². The summed E-state index contributed by atoms with van der Waals surface area (Å²) in [5.74, 6) is 0. The molecule has 0 aliphatic rings. The van der Waals surface area contributed by atoms with Gasteiger partial charge in [-0.15, -0.1) is 0 Å². The molecule has 1 nitrogen and oxygen atoms in total. The van der Waals surface area contributed by atoms with Crippen LogP contribution in [0.3, 0.4) is 0 Å². The van der Waals surface area contributed by atoms with Crippen LogP contribution in [0.25, 0.3) is 21.5 Å². The lowest BCUT2D eigenvalue weighted by molar-refractivity contribution is 1.67. The molecule has 0 amide bonds. The van der Waals surface area contributed by atoms with Crippen LogP contribution in [0.15, 0.2) is 62.3 Å². The van der Waals surface area contributed by atoms with Crippen molar-refractivity contribution in [1.29, 1.82) is 0 Å². The summed E-state index contributed by atoms with van der Waals surface area (Å²) in [7, 11) is 0. The number of halogens is 2. The molecule has 3 aromatic carbocycles. The highest BCUT2D eigenvalue weighted by Crippen LogP contribution is 2.27. The third-order valence-corrected chi connectivity index (χ3v) is 4.09. The van der Waals surface area contributed by atoms with E-state index in [1.807, 2.05) is 48.5 Å². The van der Waals surface area contributed by atoms with Gasteiger partial charge in [-0.1, -0.05) is 68.3 Å². The van der Waals surface area contributed by atoms with Crippen LogP contribution in [-0.2, 0) is 0 Å². The topological polar surface area (TPSA) is 17.1 Å². The average Bonchev–Trinajstić information content (AvgIpc) is 2.49. The molecule has 3 rings (SSSR count). The molecule has 0 aliphatic heterocycles. The summed E-state index contributed by atoms with van der Waals surface area (Å²) < 4.78 is 1.82. The zero-order valence-corrected chi connectivity index (χ0v) is 12.5. The molecule has 0 aromatic heterocycles. The summed E-state index contributed by atoms with van der Waals surface area (Å²) in [6.07, 6.45) is 0. The number of hydrogen-bond acceptors (Lipinski definition) is 1. The fraction of sp³-hybridized carbons (Fsp3) is 0. The maximum atomic E-state index is 12.6. The monoisotopic (exact) mass is 362 g/mol. The minimum Gasteiger partial charge on any atom is -0.289 e. The molecular weight excluding hydrogens is 356 g/mol.